The fraction of sp³-hybridized carbons (Fsp3) is 0.286. The number of rotatable bonds is 4. The van der Waals surface area contributed by atoms with Gasteiger partial charge in [-0.05, 0) is 18.6 Å². The van der Waals surface area contributed by atoms with E-state index in [0.717, 1.165) is 22.5 Å². The Kier molecular flexibility index (Phi) is 3.66. The zero-order valence-corrected chi connectivity index (χ0v) is 12.9. The lowest BCUT2D eigenvalue weighted by Gasteiger charge is -2.04. The van der Waals surface area contributed by atoms with Crippen molar-refractivity contribution in [3.8, 4) is 17.4 Å². The molecule has 0 aliphatic heterocycles. The number of fused-ring (bicyclic) bond motifs is 1. The number of methoxy groups -OCH3 is 1. The van der Waals surface area contributed by atoms with Crippen LogP contribution in [0.4, 0.5) is 5.82 Å². The second-order valence-electron chi connectivity index (χ2n) is 4.39. The van der Waals surface area contributed by atoms with Crippen molar-refractivity contribution in [3.63, 3.8) is 0 Å². The molecule has 3 aromatic rings. The van der Waals surface area contributed by atoms with E-state index in [1.165, 1.54) is 4.88 Å². The third kappa shape index (κ3) is 2.52. The van der Waals surface area contributed by atoms with Crippen LogP contribution in [-0.4, -0.2) is 34.3 Å². The summed E-state index contributed by atoms with van der Waals surface area (Å²) in [5.41, 5.74) is 0.626. The first kappa shape index (κ1) is 13.7. The molecule has 7 heteroatoms. The van der Waals surface area contributed by atoms with Crippen LogP contribution < -0.4 is 10.1 Å². The van der Waals surface area contributed by atoms with E-state index in [0.29, 0.717) is 17.4 Å². The lowest BCUT2D eigenvalue weighted by Crippen LogP contribution is -1.99. The fourth-order valence-corrected chi connectivity index (χ4v) is 2.97. The highest BCUT2D eigenvalue weighted by molar-refractivity contribution is 7.18. The molecular weight excluding hydrogens is 286 g/mol. The van der Waals surface area contributed by atoms with Gasteiger partial charge in [-0.25, -0.2) is 9.97 Å². The molecule has 0 amide bonds. The highest BCUT2D eigenvalue weighted by atomic mass is 32.1. The summed E-state index contributed by atoms with van der Waals surface area (Å²) in [6.07, 6.45) is 0.988. The number of hydrogen-bond acceptors (Lipinski definition) is 7. The number of hydrogen-bond donors (Lipinski definition) is 1. The van der Waals surface area contributed by atoms with Crippen LogP contribution >= 0.6 is 11.3 Å². The quantitative estimate of drug-likeness (QED) is 0.799. The molecule has 0 radical (unpaired) electrons. The molecule has 3 heterocycles. The Morgan fingerprint density at radius 3 is 2.71 bits per heavy atom. The van der Waals surface area contributed by atoms with Gasteiger partial charge in [-0.1, -0.05) is 6.92 Å². The van der Waals surface area contributed by atoms with E-state index in [1.807, 2.05) is 7.05 Å². The van der Waals surface area contributed by atoms with Crippen LogP contribution in [0, 0.1) is 0 Å². The molecule has 3 aromatic heterocycles. The Bertz CT molecular complexity index is 769. The van der Waals surface area contributed by atoms with E-state index < -0.39 is 0 Å². The molecule has 0 aliphatic rings. The molecular formula is C14H15N5OS. The van der Waals surface area contributed by atoms with E-state index in [9.17, 15) is 0 Å². The monoisotopic (exact) mass is 301 g/mol. The highest BCUT2D eigenvalue weighted by Crippen LogP contribution is 2.31. The van der Waals surface area contributed by atoms with Gasteiger partial charge in [-0.3, -0.25) is 0 Å². The van der Waals surface area contributed by atoms with Crippen molar-refractivity contribution in [2.24, 2.45) is 0 Å². The summed E-state index contributed by atoms with van der Waals surface area (Å²) in [6, 6.07) is 5.69. The van der Waals surface area contributed by atoms with Gasteiger partial charge in [0.2, 0.25) is 5.88 Å². The van der Waals surface area contributed by atoms with Crippen molar-refractivity contribution < 1.29 is 4.74 Å². The molecule has 0 atom stereocenters. The van der Waals surface area contributed by atoms with E-state index in [4.69, 9.17) is 4.74 Å². The number of thiophene rings is 1. The maximum Gasteiger partial charge on any atom is 0.233 e. The second kappa shape index (κ2) is 5.61. The highest BCUT2D eigenvalue weighted by Gasteiger charge is 2.13. The van der Waals surface area contributed by atoms with Crippen molar-refractivity contribution in [2.75, 3.05) is 19.5 Å². The van der Waals surface area contributed by atoms with Crippen molar-refractivity contribution >= 4 is 27.4 Å². The second-order valence-corrected chi connectivity index (χ2v) is 5.51. The molecule has 0 aliphatic carbocycles. The molecule has 1 N–H and O–H groups in total. The van der Waals surface area contributed by atoms with Crippen LogP contribution in [0.2, 0.25) is 0 Å². The normalized spacial score (nSPS) is 10.8. The Labute approximate surface area is 126 Å². The molecule has 3 rings (SSSR count). The maximum atomic E-state index is 5.01. The zero-order chi connectivity index (χ0) is 14.8. The number of nitrogens with zero attached hydrogens (tertiary/aromatic N) is 4. The van der Waals surface area contributed by atoms with Gasteiger partial charge in [0.05, 0.1) is 12.5 Å². The number of aryl methyl sites for hydroxylation is 1. The van der Waals surface area contributed by atoms with Gasteiger partial charge in [-0.15, -0.1) is 21.5 Å². The van der Waals surface area contributed by atoms with Crippen LogP contribution in [0.25, 0.3) is 21.7 Å². The Morgan fingerprint density at radius 1 is 1.24 bits per heavy atom. The summed E-state index contributed by atoms with van der Waals surface area (Å²) in [5.74, 6) is 1.84. The summed E-state index contributed by atoms with van der Waals surface area (Å²) in [6.45, 7) is 2.13. The average Bonchev–Trinajstić information content (AvgIpc) is 2.97. The molecule has 108 valence electrons. The first-order valence-electron chi connectivity index (χ1n) is 6.61. The Hall–Kier alpha value is -2.28. The van der Waals surface area contributed by atoms with Gasteiger partial charge >= 0.3 is 0 Å². The van der Waals surface area contributed by atoms with Crippen LogP contribution in [0.1, 0.15) is 11.8 Å². The maximum absolute atomic E-state index is 5.01. The van der Waals surface area contributed by atoms with Gasteiger partial charge in [0.1, 0.15) is 16.3 Å². The summed E-state index contributed by atoms with van der Waals surface area (Å²) in [5, 5.41) is 12.2. The number of ether oxygens (including phenoxy) is 1. The van der Waals surface area contributed by atoms with Gasteiger partial charge in [-0.2, -0.15) is 0 Å². The number of anilines is 1. The topological polar surface area (TPSA) is 72.8 Å². The fourth-order valence-electron chi connectivity index (χ4n) is 2.00. The lowest BCUT2D eigenvalue weighted by molar-refractivity contribution is 0.392. The van der Waals surface area contributed by atoms with Crippen LogP contribution in [0.3, 0.4) is 0 Å². The van der Waals surface area contributed by atoms with Gasteiger partial charge in [0.15, 0.2) is 5.82 Å². The largest absolute Gasteiger partial charge is 0.480 e. The number of nitrogens with one attached hydrogen (secondary N) is 1. The SMILES string of the molecule is CCc1cc2c(NC)nc(-c3ccc(OC)nn3)nc2s1. The Balaban J connectivity index is 2.13. The summed E-state index contributed by atoms with van der Waals surface area (Å²) in [7, 11) is 3.41. The van der Waals surface area contributed by atoms with Crippen molar-refractivity contribution in [2.45, 2.75) is 13.3 Å². The first-order valence-corrected chi connectivity index (χ1v) is 7.43. The predicted octanol–water partition coefficient (Wildman–Crippen LogP) is 2.76. The minimum Gasteiger partial charge on any atom is -0.480 e. The summed E-state index contributed by atoms with van der Waals surface area (Å²) in [4.78, 5) is 11.4. The standard InChI is InChI=1S/C14H15N5OS/c1-4-8-7-9-12(15-2)16-13(17-14(9)21-8)10-5-6-11(20-3)19-18-10/h5-7H,4H2,1-3H3,(H,15,16,17). The molecule has 0 bridgehead atoms. The van der Waals surface area contributed by atoms with Crippen LogP contribution in [0.5, 0.6) is 5.88 Å². The Morgan fingerprint density at radius 2 is 2.10 bits per heavy atom. The first-order chi connectivity index (χ1) is 10.2. The molecule has 0 unspecified atom stereocenters. The minimum atomic E-state index is 0.470. The summed E-state index contributed by atoms with van der Waals surface area (Å²) >= 11 is 1.68. The molecule has 6 nitrogen and oxygen atoms in total. The predicted molar refractivity (Wildman–Crippen MR) is 83.9 cm³/mol. The van der Waals surface area contributed by atoms with E-state index >= 15 is 0 Å². The van der Waals surface area contributed by atoms with Crippen LogP contribution in [-0.2, 0) is 6.42 Å². The van der Waals surface area contributed by atoms with Crippen molar-refractivity contribution in [1.29, 1.82) is 0 Å². The molecule has 0 saturated carbocycles. The third-order valence-corrected chi connectivity index (χ3v) is 4.28. The molecule has 0 spiro atoms. The third-order valence-electron chi connectivity index (χ3n) is 3.11. The average molecular weight is 301 g/mol. The smallest absolute Gasteiger partial charge is 0.233 e. The minimum absolute atomic E-state index is 0.470. The van der Waals surface area contributed by atoms with E-state index in [2.05, 4.69) is 38.5 Å². The lowest BCUT2D eigenvalue weighted by atomic mass is 10.3. The van der Waals surface area contributed by atoms with Crippen molar-refractivity contribution in [1.82, 2.24) is 20.2 Å². The van der Waals surface area contributed by atoms with Crippen molar-refractivity contribution in [3.05, 3.63) is 23.1 Å². The number of aromatic nitrogens is 4. The zero-order valence-electron chi connectivity index (χ0n) is 12.0. The molecule has 0 aromatic carbocycles. The van der Waals surface area contributed by atoms with E-state index in [1.54, 1.807) is 30.6 Å². The van der Waals surface area contributed by atoms with Gasteiger partial charge < -0.3 is 10.1 Å². The van der Waals surface area contributed by atoms with Crippen LogP contribution in [0.15, 0.2) is 18.2 Å². The van der Waals surface area contributed by atoms with Gasteiger partial charge in [0.25, 0.3) is 0 Å². The molecule has 0 fully saturated rings. The van der Waals surface area contributed by atoms with Gasteiger partial charge in [0, 0.05) is 18.0 Å². The summed E-state index contributed by atoms with van der Waals surface area (Å²) < 4.78 is 5.01. The molecule has 21 heavy (non-hydrogen) atoms. The van der Waals surface area contributed by atoms with E-state index in [-0.39, 0.29) is 0 Å². The molecule has 0 saturated heterocycles.